The number of nitrogens with zero attached hydrogens (tertiary/aromatic N) is 2. The Morgan fingerprint density at radius 2 is 1.68 bits per heavy atom. The van der Waals surface area contributed by atoms with Gasteiger partial charge < -0.3 is 14.0 Å². The van der Waals surface area contributed by atoms with Crippen LogP contribution in [0.5, 0.6) is 11.5 Å². The number of ether oxygens (including phenoxy) is 2. The summed E-state index contributed by atoms with van der Waals surface area (Å²) in [5.41, 5.74) is 2.02. The molecule has 4 rings (SSSR count). The van der Waals surface area contributed by atoms with Crippen LogP contribution in [-0.4, -0.2) is 17.3 Å². The van der Waals surface area contributed by atoms with E-state index in [4.69, 9.17) is 14.0 Å². The lowest BCUT2D eigenvalue weighted by atomic mass is 10.2. The monoisotopic (exact) mass is 376 g/mol. The SMILES string of the molecule is COc1ccccc1-c1nc(-c2ccc(OCc3ccccc3F)cc2)no1. The van der Waals surface area contributed by atoms with Gasteiger partial charge in [0.2, 0.25) is 5.82 Å². The fourth-order valence-corrected chi connectivity index (χ4v) is 2.75. The van der Waals surface area contributed by atoms with E-state index in [-0.39, 0.29) is 12.4 Å². The summed E-state index contributed by atoms with van der Waals surface area (Å²) in [5.74, 6) is 1.85. The molecule has 0 unspecified atom stereocenters. The van der Waals surface area contributed by atoms with Crippen molar-refractivity contribution in [2.75, 3.05) is 7.11 Å². The number of benzene rings is 3. The molecule has 0 aliphatic heterocycles. The van der Waals surface area contributed by atoms with E-state index in [2.05, 4.69) is 10.1 Å². The molecule has 5 nitrogen and oxygen atoms in total. The molecule has 0 N–H and O–H groups in total. The molecule has 0 fully saturated rings. The van der Waals surface area contributed by atoms with Crippen LogP contribution in [0.4, 0.5) is 4.39 Å². The molecule has 3 aromatic carbocycles. The maximum Gasteiger partial charge on any atom is 0.262 e. The minimum absolute atomic E-state index is 0.159. The molecule has 0 bridgehead atoms. The highest BCUT2D eigenvalue weighted by Gasteiger charge is 2.14. The largest absolute Gasteiger partial charge is 0.496 e. The van der Waals surface area contributed by atoms with Crippen molar-refractivity contribution in [2.24, 2.45) is 0 Å². The van der Waals surface area contributed by atoms with E-state index in [1.54, 1.807) is 37.4 Å². The van der Waals surface area contributed by atoms with Crippen molar-refractivity contribution < 1.29 is 18.4 Å². The highest BCUT2D eigenvalue weighted by Crippen LogP contribution is 2.30. The molecule has 28 heavy (non-hydrogen) atoms. The van der Waals surface area contributed by atoms with Crippen LogP contribution in [0, 0.1) is 5.82 Å². The molecule has 0 aliphatic carbocycles. The first-order valence-electron chi connectivity index (χ1n) is 8.68. The first kappa shape index (κ1) is 17.7. The maximum absolute atomic E-state index is 13.7. The highest BCUT2D eigenvalue weighted by molar-refractivity contribution is 5.65. The predicted molar refractivity (Wildman–Crippen MR) is 102 cm³/mol. The second-order valence-corrected chi connectivity index (χ2v) is 6.03. The van der Waals surface area contributed by atoms with Crippen LogP contribution in [0.15, 0.2) is 77.3 Å². The van der Waals surface area contributed by atoms with Gasteiger partial charge in [0.15, 0.2) is 0 Å². The quantitative estimate of drug-likeness (QED) is 0.467. The Labute approximate surface area is 161 Å². The Morgan fingerprint density at radius 3 is 2.46 bits per heavy atom. The average molecular weight is 376 g/mol. The summed E-state index contributed by atoms with van der Waals surface area (Å²) < 4.78 is 30.0. The van der Waals surface area contributed by atoms with Crippen LogP contribution >= 0.6 is 0 Å². The van der Waals surface area contributed by atoms with Gasteiger partial charge in [0.25, 0.3) is 5.89 Å². The minimum atomic E-state index is -0.283. The molecule has 0 atom stereocenters. The molecule has 0 spiro atoms. The molecule has 4 aromatic rings. The fourth-order valence-electron chi connectivity index (χ4n) is 2.75. The zero-order chi connectivity index (χ0) is 19.3. The van der Waals surface area contributed by atoms with Crippen LogP contribution in [0.3, 0.4) is 0 Å². The van der Waals surface area contributed by atoms with Gasteiger partial charge in [0, 0.05) is 11.1 Å². The minimum Gasteiger partial charge on any atom is -0.496 e. The lowest BCUT2D eigenvalue weighted by molar-refractivity contribution is 0.300. The number of rotatable bonds is 6. The summed E-state index contributed by atoms with van der Waals surface area (Å²) in [4.78, 5) is 4.45. The summed E-state index contributed by atoms with van der Waals surface area (Å²) in [6.07, 6.45) is 0. The maximum atomic E-state index is 13.7. The Balaban J connectivity index is 1.49. The Bertz CT molecular complexity index is 1080. The Morgan fingerprint density at radius 1 is 0.929 bits per heavy atom. The fraction of sp³-hybridized carbons (Fsp3) is 0.0909. The third-order valence-corrected chi connectivity index (χ3v) is 4.23. The molecule has 6 heteroatoms. The molecule has 0 amide bonds. The van der Waals surface area contributed by atoms with Crippen molar-refractivity contribution >= 4 is 0 Å². The number of halogens is 1. The van der Waals surface area contributed by atoms with Crippen LogP contribution in [0.2, 0.25) is 0 Å². The number of hydrogen-bond donors (Lipinski definition) is 0. The van der Waals surface area contributed by atoms with Gasteiger partial charge in [0.1, 0.15) is 23.9 Å². The van der Waals surface area contributed by atoms with E-state index in [1.165, 1.54) is 6.07 Å². The molecule has 1 aromatic heterocycles. The summed E-state index contributed by atoms with van der Waals surface area (Å²) in [5, 5.41) is 4.04. The van der Waals surface area contributed by atoms with Crippen molar-refractivity contribution in [2.45, 2.75) is 6.61 Å². The van der Waals surface area contributed by atoms with Gasteiger partial charge in [-0.05, 0) is 42.5 Å². The first-order valence-corrected chi connectivity index (χ1v) is 8.68. The zero-order valence-electron chi connectivity index (χ0n) is 15.1. The van der Waals surface area contributed by atoms with E-state index in [1.807, 2.05) is 36.4 Å². The van der Waals surface area contributed by atoms with Gasteiger partial charge in [-0.25, -0.2) is 4.39 Å². The van der Waals surface area contributed by atoms with Crippen molar-refractivity contribution in [1.29, 1.82) is 0 Å². The molecule has 0 radical (unpaired) electrons. The molecule has 0 saturated carbocycles. The van der Waals surface area contributed by atoms with Gasteiger partial charge in [-0.3, -0.25) is 0 Å². The molecular formula is C22H17FN2O3. The van der Waals surface area contributed by atoms with Crippen LogP contribution in [-0.2, 0) is 6.61 Å². The van der Waals surface area contributed by atoms with E-state index < -0.39 is 0 Å². The van der Waals surface area contributed by atoms with Crippen LogP contribution < -0.4 is 9.47 Å². The van der Waals surface area contributed by atoms with Crippen molar-refractivity contribution in [3.63, 3.8) is 0 Å². The summed E-state index contributed by atoms with van der Waals surface area (Å²) >= 11 is 0. The van der Waals surface area contributed by atoms with Crippen molar-refractivity contribution in [3.8, 4) is 34.3 Å². The summed E-state index contributed by atoms with van der Waals surface area (Å²) in [7, 11) is 1.59. The molecular weight excluding hydrogens is 359 g/mol. The second kappa shape index (κ2) is 7.92. The van der Waals surface area contributed by atoms with E-state index in [0.717, 1.165) is 11.1 Å². The number of para-hydroxylation sites is 1. The smallest absolute Gasteiger partial charge is 0.262 e. The molecule has 1 heterocycles. The first-order chi connectivity index (χ1) is 13.7. The lowest BCUT2D eigenvalue weighted by Gasteiger charge is -2.07. The summed E-state index contributed by atoms with van der Waals surface area (Å²) in [6.45, 7) is 0.159. The van der Waals surface area contributed by atoms with Crippen molar-refractivity contribution in [1.82, 2.24) is 10.1 Å². The average Bonchev–Trinajstić information content (AvgIpc) is 3.23. The molecule has 140 valence electrons. The third-order valence-electron chi connectivity index (χ3n) is 4.23. The van der Waals surface area contributed by atoms with Gasteiger partial charge in [-0.1, -0.05) is 35.5 Å². The predicted octanol–water partition coefficient (Wildman–Crippen LogP) is 5.13. The van der Waals surface area contributed by atoms with Gasteiger partial charge in [-0.15, -0.1) is 0 Å². The highest BCUT2D eigenvalue weighted by atomic mass is 19.1. The Kier molecular flexibility index (Phi) is 5.01. The van der Waals surface area contributed by atoms with Crippen molar-refractivity contribution in [3.05, 3.63) is 84.2 Å². The Hall–Kier alpha value is -3.67. The second-order valence-electron chi connectivity index (χ2n) is 6.03. The van der Waals surface area contributed by atoms with E-state index in [0.29, 0.717) is 28.8 Å². The van der Waals surface area contributed by atoms with Gasteiger partial charge in [0.05, 0.1) is 12.7 Å². The number of aromatic nitrogens is 2. The topological polar surface area (TPSA) is 57.4 Å². The molecule has 0 saturated heterocycles. The normalized spacial score (nSPS) is 10.6. The van der Waals surface area contributed by atoms with Crippen LogP contribution in [0.25, 0.3) is 22.8 Å². The van der Waals surface area contributed by atoms with Gasteiger partial charge >= 0.3 is 0 Å². The van der Waals surface area contributed by atoms with E-state index >= 15 is 0 Å². The lowest BCUT2D eigenvalue weighted by Crippen LogP contribution is -1.98. The number of methoxy groups -OCH3 is 1. The zero-order valence-corrected chi connectivity index (χ0v) is 15.1. The summed E-state index contributed by atoms with van der Waals surface area (Å²) in [6, 6.07) is 21.2. The van der Waals surface area contributed by atoms with E-state index in [9.17, 15) is 4.39 Å². The van der Waals surface area contributed by atoms with Gasteiger partial charge in [-0.2, -0.15) is 4.98 Å². The third kappa shape index (κ3) is 3.71. The standard InChI is InChI=1S/C22H17FN2O3/c1-26-20-9-5-3-7-18(20)22-24-21(25-28-22)15-10-12-17(13-11-15)27-14-16-6-2-4-8-19(16)23/h2-13H,14H2,1H3. The molecule has 0 aliphatic rings. The number of hydrogen-bond acceptors (Lipinski definition) is 5. The van der Waals surface area contributed by atoms with Crippen LogP contribution in [0.1, 0.15) is 5.56 Å².